The molecule has 1 saturated heterocycles. The van der Waals surface area contributed by atoms with Crippen molar-refractivity contribution >= 4 is 39.2 Å². The number of aromatic nitrogens is 2. The summed E-state index contributed by atoms with van der Waals surface area (Å²) in [6.07, 6.45) is 0. The molecule has 0 aliphatic carbocycles. The molecule has 12 nitrogen and oxygen atoms in total. The van der Waals surface area contributed by atoms with Crippen LogP contribution in [-0.4, -0.2) is 64.4 Å². The van der Waals surface area contributed by atoms with Gasteiger partial charge in [0.05, 0.1) is 10.7 Å². The summed E-state index contributed by atoms with van der Waals surface area (Å²) in [7, 11) is -3.88. The molecule has 1 aliphatic heterocycles. The van der Waals surface area contributed by atoms with Crippen molar-refractivity contribution in [1.29, 1.82) is 0 Å². The Morgan fingerprint density at radius 2 is 2.18 bits per heavy atom. The zero-order valence-electron chi connectivity index (χ0n) is 14.0. The molecule has 6 N–H and O–H groups in total. The van der Waals surface area contributed by atoms with Crippen molar-refractivity contribution in [2.24, 2.45) is 10.1 Å². The predicted octanol–water partition coefficient (Wildman–Crippen LogP) is -0.419. The summed E-state index contributed by atoms with van der Waals surface area (Å²) in [6.45, 7) is -0.513. The summed E-state index contributed by atoms with van der Waals surface area (Å²) in [5.74, 6) is -0.818. The van der Waals surface area contributed by atoms with Crippen molar-refractivity contribution < 1.29 is 27.8 Å². The number of hydrogen-bond acceptors (Lipinski definition) is 9. The van der Waals surface area contributed by atoms with Crippen LogP contribution in [0.4, 0.5) is 15.9 Å². The lowest BCUT2D eigenvalue weighted by atomic mass is 9.97. The van der Waals surface area contributed by atoms with Crippen LogP contribution in [0.2, 0.25) is 5.02 Å². The molecule has 1 aromatic carbocycles. The normalized spacial score (nSPS) is 17.2. The fourth-order valence-corrected chi connectivity index (χ4v) is 3.44. The molecule has 0 amide bonds. The number of aliphatic hydroxyl groups is 1. The number of halogens is 2. The maximum atomic E-state index is 13.2. The first kappa shape index (κ1) is 20.4. The summed E-state index contributed by atoms with van der Waals surface area (Å²) >= 11 is 5.69. The molecule has 2 aromatic rings. The minimum atomic E-state index is -3.88. The van der Waals surface area contributed by atoms with Gasteiger partial charge in [-0.15, -0.1) is 0 Å². The molecule has 0 radical (unpaired) electrons. The Bertz CT molecular complexity index is 1010. The van der Waals surface area contributed by atoms with Crippen molar-refractivity contribution in [3.05, 3.63) is 34.7 Å². The molecule has 28 heavy (non-hydrogen) atoms. The van der Waals surface area contributed by atoms with Gasteiger partial charge >= 0.3 is 0 Å². The van der Waals surface area contributed by atoms with Crippen LogP contribution in [0.5, 0.6) is 0 Å². The zero-order valence-corrected chi connectivity index (χ0v) is 15.6. The number of benzene rings is 1. The van der Waals surface area contributed by atoms with E-state index >= 15 is 0 Å². The zero-order chi connectivity index (χ0) is 20.5. The van der Waals surface area contributed by atoms with Crippen LogP contribution in [0, 0.1) is 5.82 Å². The van der Waals surface area contributed by atoms with Crippen LogP contribution in [0.1, 0.15) is 5.69 Å². The minimum Gasteiger partial charge on any atom is -0.385 e. The Labute approximate surface area is 162 Å². The minimum absolute atomic E-state index is 0.0102. The van der Waals surface area contributed by atoms with Gasteiger partial charge in [-0.3, -0.25) is 10.7 Å². The molecule has 0 bridgehead atoms. The van der Waals surface area contributed by atoms with E-state index in [1.54, 1.807) is 0 Å². The molecule has 152 valence electrons. The number of nitrogens with one attached hydrogen (secondary N) is 2. The second-order valence-electron chi connectivity index (χ2n) is 6.02. The van der Waals surface area contributed by atoms with Crippen molar-refractivity contribution in [2.45, 2.75) is 5.60 Å². The standard InChI is InChI=1S/C13H15ClFN7O5S/c14-8-3-7(1-2-9(8)15)18-12(19-24)10-11(21-27-20-10)17-4-13(23)5-22(6-13)28(16,25)26/h1-3,23-24H,4-6H2,(H,17,21)(H,18,19)(H2,16,25,26). The first-order valence-corrected chi connectivity index (χ1v) is 9.50. The van der Waals surface area contributed by atoms with Gasteiger partial charge in [0.15, 0.2) is 11.5 Å². The molecule has 15 heteroatoms. The fourth-order valence-electron chi connectivity index (χ4n) is 2.42. The Kier molecular flexibility index (Phi) is 5.51. The van der Waals surface area contributed by atoms with Crippen molar-refractivity contribution in [3.8, 4) is 0 Å². The van der Waals surface area contributed by atoms with Gasteiger partial charge in [0, 0.05) is 19.6 Å². The number of hydrogen-bond donors (Lipinski definition) is 5. The van der Waals surface area contributed by atoms with Crippen molar-refractivity contribution in [3.63, 3.8) is 0 Å². The lowest BCUT2D eigenvalue weighted by Crippen LogP contribution is -2.67. The van der Waals surface area contributed by atoms with Crippen LogP contribution < -0.4 is 15.9 Å². The van der Waals surface area contributed by atoms with Crippen LogP contribution in [0.3, 0.4) is 0 Å². The monoisotopic (exact) mass is 435 g/mol. The summed E-state index contributed by atoms with van der Waals surface area (Å²) in [6, 6.07) is 3.64. The number of anilines is 1. The number of rotatable bonds is 6. The van der Waals surface area contributed by atoms with E-state index < -0.39 is 21.6 Å². The summed E-state index contributed by atoms with van der Waals surface area (Å²) in [5, 5.41) is 34.4. The first-order valence-electron chi connectivity index (χ1n) is 7.62. The van der Waals surface area contributed by atoms with E-state index in [1.165, 1.54) is 12.1 Å². The SMILES string of the molecule is NS(=O)(=O)N1CC(O)(CNc2nonc2C(=Nc2ccc(F)c(Cl)c2)NO)C1. The van der Waals surface area contributed by atoms with Crippen LogP contribution in [-0.2, 0) is 10.2 Å². The summed E-state index contributed by atoms with van der Waals surface area (Å²) in [5.41, 5.74) is 0.605. The topological polar surface area (TPSA) is 179 Å². The third-order valence-electron chi connectivity index (χ3n) is 3.85. The highest BCUT2D eigenvalue weighted by molar-refractivity contribution is 7.86. The molecule has 0 saturated carbocycles. The summed E-state index contributed by atoms with van der Waals surface area (Å²) < 4.78 is 41.1. The Balaban J connectivity index is 1.73. The molecule has 2 heterocycles. The largest absolute Gasteiger partial charge is 0.385 e. The third-order valence-corrected chi connectivity index (χ3v) is 5.12. The number of amidine groups is 1. The van der Waals surface area contributed by atoms with E-state index in [1.807, 2.05) is 5.48 Å². The quantitative estimate of drug-likeness (QED) is 0.229. The number of nitrogens with zero attached hydrogens (tertiary/aromatic N) is 4. The van der Waals surface area contributed by atoms with Crippen LogP contribution in [0.25, 0.3) is 0 Å². The maximum absolute atomic E-state index is 13.2. The van der Waals surface area contributed by atoms with Crippen molar-refractivity contribution in [2.75, 3.05) is 25.0 Å². The smallest absolute Gasteiger partial charge is 0.277 e. The van der Waals surface area contributed by atoms with Crippen molar-refractivity contribution in [1.82, 2.24) is 20.1 Å². The molecule has 3 rings (SSSR count). The highest BCUT2D eigenvalue weighted by Crippen LogP contribution is 2.25. The highest BCUT2D eigenvalue weighted by Gasteiger charge is 2.46. The van der Waals surface area contributed by atoms with Gasteiger partial charge in [-0.25, -0.2) is 19.2 Å². The van der Waals surface area contributed by atoms with Gasteiger partial charge in [0.25, 0.3) is 10.2 Å². The Morgan fingerprint density at radius 3 is 2.79 bits per heavy atom. The number of hydroxylamine groups is 1. The van der Waals surface area contributed by atoms with E-state index in [0.717, 1.165) is 10.4 Å². The van der Waals surface area contributed by atoms with Gasteiger partial charge in [0.2, 0.25) is 5.82 Å². The molecule has 0 unspecified atom stereocenters. The first-order chi connectivity index (χ1) is 13.1. The average molecular weight is 436 g/mol. The van der Waals surface area contributed by atoms with Gasteiger partial charge in [0.1, 0.15) is 11.4 Å². The number of nitrogens with two attached hydrogens (primary N) is 1. The van der Waals surface area contributed by atoms with E-state index in [-0.39, 0.29) is 47.7 Å². The molecule has 1 fully saturated rings. The van der Waals surface area contributed by atoms with Crippen LogP contribution in [0.15, 0.2) is 27.8 Å². The van der Waals surface area contributed by atoms with Gasteiger partial charge < -0.3 is 10.4 Å². The number of aliphatic imine (C=N–C) groups is 1. The molecule has 1 aliphatic rings. The van der Waals surface area contributed by atoms with E-state index in [0.29, 0.717) is 0 Å². The summed E-state index contributed by atoms with van der Waals surface area (Å²) in [4.78, 5) is 4.04. The highest BCUT2D eigenvalue weighted by atomic mass is 35.5. The second-order valence-corrected chi connectivity index (χ2v) is 7.98. The molecule has 0 spiro atoms. The van der Waals surface area contributed by atoms with Gasteiger partial charge in [-0.05, 0) is 28.5 Å². The molecular weight excluding hydrogens is 421 g/mol. The fraction of sp³-hybridized carbons (Fsp3) is 0.308. The van der Waals surface area contributed by atoms with Gasteiger partial charge in [-0.2, -0.15) is 12.7 Å². The maximum Gasteiger partial charge on any atom is 0.277 e. The van der Waals surface area contributed by atoms with Crippen LogP contribution >= 0.6 is 11.6 Å². The molecular formula is C13H15ClFN7O5S. The second kappa shape index (κ2) is 7.57. The third kappa shape index (κ3) is 4.37. The van der Waals surface area contributed by atoms with Gasteiger partial charge in [-0.1, -0.05) is 11.6 Å². The molecule has 1 aromatic heterocycles. The molecule has 0 atom stereocenters. The van der Waals surface area contributed by atoms with E-state index in [2.05, 4.69) is 25.3 Å². The van der Waals surface area contributed by atoms with E-state index in [9.17, 15) is 23.1 Å². The Hall–Kier alpha value is -2.36. The lowest BCUT2D eigenvalue weighted by Gasteiger charge is -2.44. The lowest BCUT2D eigenvalue weighted by molar-refractivity contribution is -0.0474. The predicted molar refractivity (Wildman–Crippen MR) is 94.9 cm³/mol. The average Bonchev–Trinajstić information content (AvgIpc) is 3.06. The van der Waals surface area contributed by atoms with E-state index in [4.69, 9.17) is 16.7 Å². The Morgan fingerprint density at radius 1 is 1.46 bits per heavy atom. The number of β-amino-alcohol motifs (C(OH)–C–C–N with tert-alkyl or cyclic N) is 1.